The number of rotatable bonds is 12. The zero-order valence-electron chi connectivity index (χ0n) is 19.8. The third-order valence-electron chi connectivity index (χ3n) is 5.72. The molecule has 0 amide bonds. The molecule has 0 bridgehead atoms. The van der Waals surface area contributed by atoms with E-state index in [1.54, 1.807) is 12.1 Å². The van der Waals surface area contributed by atoms with Crippen molar-refractivity contribution < 1.29 is 29.6 Å². The van der Waals surface area contributed by atoms with Gasteiger partial charge in [0.2, 0.25) is 0 Å². The summed E-state index contributed by atoms with van der Waals surface area (Å²) >= 11 is 0. The second-order valence-electron chi connectivity index (χ2n) is 8.79. The summed E-state index contributed by atoms with van der Waals surface area (Å²) in [6, 6.07) is 15.8. The van der Waals surface area contributed by atoms with Crippen LogP contribution < -0.4 is 0 Å². The summed E-state index contributed by atoms with van der Waals surface area (Å²) in [5, 5.41) is 28.7. The van der Waals surface area contributed by atoms with Crippen molar-refractivity contribution in [2.45, 2.75) is 71.2 Å². The number of ether oxygens (including phenoxy) is 1. The van der Waals surface area contributed by atoms with Crippen LogP contribution in [0.3, 0.4) is 0 Å². The van der Waals surface area contributed by atoms with Gasteiger partial charge >= 0.3 is 11.9 Å². The summed E-state index contributed by atoms with van der Waals surface area (Å²) in [6.45, 7) is 9.46. The van der Waals surface area contributed by atoms with E-state index in [0.29, 0.717) is 17.6 Å². The topological polar surface area (TPSA) is 107 Å². The molecule has 33 heavy (non-hydrogen) atoms. The highest BCUT2D eigenvalue weighted by molar-refractivity contribution is 5.80. The number of carboxylic acids is 1. The van der Waals surface area contributed by atoms with Gasteiger partial charge in [0.25, 0.3) is 0 Å². The third kappa shape index (κ3) is 7.87. The van der Waals surface area contributed by atoms with E-state index >= 15 is 0 Å². The van der Waals surface area contributed by atoms with E-state index in [2.05, 4.69) is 32.6 Å². The largest absolute Gasteiger partial charge is 0.508 e. The number of aromatic hydroxyl groups is 1. The fourth-order valence-corrected chi connectivity index (χ4v) is 4.02. The summed E-state index contributed by atoms with van der Waals surface area (Å²) in [6.07, 6.45) is -1.62. The van der Waals surface area contributed by atoms with Crippen molar-refractivity contribution in [1.29, 1.82) is 0 Å². The van der Waals surface area contributed by atoms with Crippen LogP contribution in [-0.4, -0.2) is 56.9 Å². The van der Waals surface area contributed by atoms with Gasteiger partial charge in [-0.1, -0.05) is 36.4 Å². The van der Waals surface area contributed by atoms with Gasteiger partial charge in [0.1, 0.15) is 12.4 Å². The monoisotopic (exact) mass is 457 g/mol. The molecule has 0 aliphatic heterocycles. The summed E-state index contributed by atoms with van der Waals surface area (Å²) in [5.74, 6) is -2.17. The molecule has 0 saturated heterocycles. The van der Waals surface area contributed by atoms with Crippen LogP contribution in [0.25, 0.3) is 0 Å². The van der Waals surface area contributed by atoms with Crippen molar-refractivity contribution in [3.63, 3.8) is 0 Å². The maximum atomic E-state index is 11.8. The Morgan fingerprint density at radius 1 is 1.00 bits per heavy atom. The summed E-state index contributed by atoms with van der Waals surface area (Å²) in [7, 11) is 0. The van der Waals surface area contributed by atoms with Gasteiger partial charge in [0.05, 0.1) is 6.42 Å². The molecule has 2 atom stereocenters. The van der Waals surface area contributed by atoms with Gasteiger partial charge in [0.15, 0.2) is 6.10 Å². The van der Waals surface area contributed by atoms with Gasteiger partial charge in [-0.15, -0.1) is 0 Å². The normalized spacial score (nSPS) is 13.3. The molecule has 1 unspecified atom stereocenters. The number of nitrogens with zero attached hydrogens (tertiary/aromatic N) is 1. The summed E-state index contributed by atoms with van der Waals surface area (Å²) in [4.78, 5) is 25.0. The molecule has 7 heteroatoms. The van der Waals surface area contributed by atoms with E-state index < -0.39 is 24.5 Å². The molecule has 0 fully saturated rings. The molecule has 0 aromatic heterocycles. The predicted molar refractivity (Wildman–Crippen MR) is 126 cm³/mol. The first-order chi connectivity index (χ1) is 15.6. The smallest absolute Gasteiger partial charge is 0.333 e. The Morgan fingerprint density at radius 2 is 1.64 bits per heavy atom. The molecule has 3 N–H and O–H groups in total. The molecule has 2 aromatic carbocycles. The first kappa shape index (κ1) is 26.4. The number of esters is 1. The van der Waals surface area contributed by atoms with E-state index in [1.165, 1.54) is 0 Å². The van der Waals surface area contributed by atoms with E-state index in [0.717, 1.165) is 24.1 Å². The van der Waals surface area contributed by atoms with Crippen LogP contribution in [0, 0.1) is 0 Å². The molecule has 0 heterocycles. The second-order valence-corrected chi connectivity index (χ2v) is 8.79. The Bertz CT molecular complexity index is 904. The average molecular weight is 458 g/mol. The van der Waals surface area contributed by atoms with E-state index in [4.69, 9.17) is 9.84 Å². The van der Waals surface area contributed by atoms with Crippen molar-refractivity contribution >= 4 is 11.9 Å². The number of carboxylic acid groups (broad SMARTS) is 1. The van der Waals surface area contributed by atoms with Crippen LogP contribution in [0.4, 0.5) is 0 Å². The van der Waals surface area contributed by atoms with Gasteiger partial charge in [-0.3, -0.25) is 9.69 Å². The zero-order chi connectivity index (χ0) is 24.5. The van der Waals surface area contributed by atoms with Crippen molar-refractivity contribution in [1.82, 2.24) is 4.90 Å². The standard InChI is InChI=1S/C26H35NO6/c1-17(2)27(18(3)4)13-12-21(20-8-6-5-7-9-20)22-14-19(10-11-23(22)28)16-33-25(30)15-24(29)26(31)32/h5-11,14,17-18,21,24,28-29H,12-13,15-16H2,1-4H3,(H,31,32)/t21-,24?/m1/s1. The first-order valence-corrected chi connectivity index (χ1v) is 11.3. The van der Waals surface area contributed by atoms with E-state index in [-0.39, 0.29) is 18.3 Å². The Balaban J connectivity index is 2.24. The van der Waals surface area contributed by atoms with Crippen molar-refractivity contribution in [2.75, 3.05) is 6.54 Å². The number of aliphatic hydroxyl groups excluding tert-OH is 1. The maximum absolute atomic E-state index is 11.8. The lowest BCUT2D eigenvalue weighted by Gasteiger charge is -2.32. The lowest BCUT2D eigenvalue weighted by Crippen LogP contribution is -2.38. The molecule has 2 aromatic rings. The second kappa shape index (κ2) is 12.4. The van der Waals surface area contributed by atoms with Gasteiger partial charge in [-0.2, -0.15) is 0 Å². The molecule has 2 rings (SSSR count). The van der Waals surface area contributed by atoms with Gasteiger partial charge < -0.3 is 20.1 Å². The minimum absolute atomic E-state index is 0.0596. The number of carbonyl (C=O) groups excluding carboxylic acids is 1. The van der Waals surface area contributed by atoms with Crippen molar-refractivity contribution in [3.05, 3.63) is 65.2 Å². The highest BCUT2D eigenvalue weighted by atomic mass is 16.5. The van der Waals surface area contributed by atoms with Gasteiger partial charge in [0, 0.05) is 23.6 Å². The zero-order valence-corrected chi connectivity index (χ0v) is 19.8. The molecule has 0 aliphatic carbocycles. The lowest BCUT2D eigenvalue weighted by atomic mass is 9.86. The minimum atomic E-state index is -1.79. The van der Waals surface area contributed by atoms with E-state index in [1.807, 2.05) is 36.4 Å². The Labute approximate surface area is 195 Å². The molecule has 0 spiro atoms. The summed E-state index contributed by atoms with van der Waals surface area (Å²) in [5.41, 5.74) is 2.50. The molecule has 180 valence electrons. The Hall–Kier alpha value is -2.90. The number of aliphatic carboxylic acids is 1. The summed E-state index contributed by atoms with van der Waals surface area (Å²) < 4.78 is 5.14. The minimum Gasteiger partial charge on any atom is -0.508 e. The predicted octanol–water partition coefficient (Wildman–Crippen LogP) is 3.91. The van der Waals surface area contributed by atoms with Gasteiger partial charge in [-0.05, 0) is 63.9 Å². The van der Waals surface area contributed by atoms with Crippen LogP contribution in [-0.2, 0) is 20.9 Å². The number of hydrogen-bond donors (Lipinski definition) is 3. The maximum Gasteiger partial charge on any atom is 0.333 e. The number of aliphatic hydroxyl groups is 1. The fraction of sp³-hybridized carbons (Fsp3) is 0.462. The highest BCUT2D eigenvalue weighted by Crippen LogP contribution is 2.35. The first-order valence-electron chi connectivity index (χ1n) is 11.3. The van der Waals surface area contributed by atoms with Crippen molar-refractivity contribution in [2.24, 2.45) is 0 Å². The SMILES string of the molecule is CC(C)N(CC[C@H](c1ccccc1)c1cc(COC(=O)CC(O)C(=O)O)ccc1O)C(C)C. The van der Waals surface area contributed by atoms with Crippen LogP contribution in [0.2, 0.25) is 0 Å². The number of hydrogen-bond acceptors (Lipinski definition) is 6. The molecule has 0 aliphatic rings. The van der Waals surface area contributed by atoms with Gasteiger partial charge in [-0.25, -0.2) is 4.79 Å². The molecule has 7 nitrogen and oxygen atoms in total. The van der Waals surface area contributed by atoms with Crippen LogP contribution in [0.15, 0.2) is 48.5 Å². The lowest BCUT2D eigenvalue weighted by molar-refractivity contribution is -0.156. The molecular formula is C26H35NO6. The molecular weight excluding hydrogens is 422 g/mol. The highest BCUT2D eigenvalue weighted by Gasteiger charge is 2.22. The number of benzene rings is 2. The van der Waals surface area contributed by atoms with E-state index in [9.17, 15) is 19.8 Å². The third-order valence-corrected chi connectivity index (χ3v) is 5.72. The quantitative estimate of drug-likeness (QED) is 0.415. The van der Waals surface area contributed by atoms with Crippen LogP contribution in [0.5, 0.6) is 5.75 Å². The number of carbonyl (C=O) groups is 2. The van der Waals surface area contributed by atoms with Crippen LogP contribution in [0.1, 0.15) is 63.1 Å². The molecule has 0 saturated carbocycles. The Kier molecular flexibility index (Phi) is 9.88. The van der Waals surface area contributed by atoms with Crippen LogP contribution >= 0.6 is 0 Å². The number of phenols is 1. The fourth-order valence-electron chi connectivity index (χ4n) is 4.02. The Morgan fingerprint density at radius 3 is 2.21 bits per heavy atom. The number of phenolic OH excluding ortho intramolecular Hbond substituents is 1. The van der Waals surface area contributed by atoms with Crippen molar-refractivity contribution in [3.8, 4) is 5.75 Å². The average Bonchev–Trinajstić information content (AvgIpc) is 2.76. The molecule has 0 radical (unpaired) electrons.